The highest BCUT2D eigenvalue weighted by Gasteiger charge is 2.47. The fourth-order valence-corrected chi connectivity index (χ4v) is 1.63. The predicted octanol–water partition coefficient (Wildman–Crippen LogP) is -6.60. The number of carbonyl (C=O) groups excluding carboxylic acids is 1. The molecule has 1 aliphatic rings. The average Bonchev–Trinajstić information content (AvgIpc) is 2.61. The van der Waals surface area contributed by atoms with Gasteiger partial charge in [0.1, 0.15) is 43.2 Å². The number of rotatable bonds is 6. The number of ketones is 1. The van der Waals surface area contributed by atoms with Gasteiger partial charge in [0.25, 0.3) is 0 Å². The second-order valence-corrected chi connectivity index (χ2v) is 5.13. The summed E-state index contributed by atoms with van der Waals surface area (Å²) in [6.07, 6.45) is -9.67. The highest BCUT2D eigenvalue weighted by Crippen LogP contribution is 2.22. The van der Waals surface area contributed by atoms with Crippen LogP contribution in [0.5, 0.6) is 0 Å². The van der Waals surface area contributed by atoms with Gasteiger partial charge in [-0.3, -0.25) is 4.79 Å². The maximum Gasteiger partial charge on any atom is 0.218 e. The van der Waals surface area contributed by atoms with E-state index in [4.69, 9.17) is 46.0 Å². The lowest BCUT2D eigenvalue weighted by Crippen LogP contribution is -2.62. The first-order valence-electron chi connectivity index (χ1n) is 6.85. The molecule has 0 spiro atoms. The Morgan fingerprint density at radius 1 is 1.12 bits per heavy atom. The van der Waals surface area contributed by atoms with Crippen LogP contribution in [0, 0.1) is 0 Å². The monoisotopic (exact) mass is 360 g/mol. The molecule has 0 bridgehead atoms. The fraction of sp³-hybridized carbons (Fsp3) is 0.917. The number of hydrogen-bond donors (Lipinski definition) is 10. The quantitative estimate of drug-likeness (QED) is 0.213. The minimum atomic E-state index is -2.17. The molecule has 1 rings (SSSR count). The standard InChI is InChI=1S/2C6H12O6/c7-2-6(11)5(10)4(9)3(8)1-12-6;7-1-3(9)5(11)6(12)4(10)2-8/h3-5,7-11H,1-2H2;3,5-9,11-12H,1-2H2/t3-,4-,5+,6-;3-,5-,6-/m11/s1. The van der Waals surface area contributed by atoms with Crippen molar-refractivity contribution in [2.75, 3.05) is 26.4 Å². The van der Waals surface area contributed by atoms with Gasteiger partial charge in [0, 0.05) is 0 Å². The van der Waals surface area contributed by atoms with Crippen LogP contribution >= 0.6 is 0 Å². The number of ether oxygens (including phenoxy) is 1. The van der Waals surface area contributed by atoms with E-state index < -0.39 is 68.0 Å². The van der Waals surface area contributed by atoms with Crippen molar-refractivity contribution in [3.8, 4) is 0 Å². The normalized spacial score (nSPS) is 33.8. The van der Waals surface area contributed by atoms with E-state index in [1.807, 2.05) is 0 Å². The number of carbonyl (C=O) groups is 1. The zero-order chi connectivity index (χ0) is 19.1. The van der Waals surface area contributed by atoms with Crippen LogP contribution in [0.1, 0.15) is 0 Å². The molecule has 0 saturated carbocycles. The van der Waals surface area contributed by atoms with Gasteiger partial charge < -0.3 is 55.8 Å². The van der Waals surface area contributed by atoms with Crippen molar-refractivity contribution in [2.45, 2.75) is 42.4 Å². The summed E-state index contributed by atoms with van der Waals surface area (Å²) in [5.74, 6) is -3.17. The van der Waals surface area contributed by atoms with E-state index >= 15 is 0 Å². The molecule has 1 aliphatic heterocycles. The fourth-order valence-electron chi connectivity index (χ4n) is 1.63. The number of hydrogen-bond acceptors (Lipinski definition) is 12. The summed E-state index contributed by atoms with van der Waals surface area (Å²) in [6.45, 7) is -2.85. The van der Waals surface area contributed by atoms with Gasteiger partial charge in [0.2, 0.25) is 5.79 Å². The Kier molecular flexibility index (Phi) is 9.94. The summed E-state index contributed by atoms with van der Waals surface area (Å²) in [6, 6.07) is 0. The topological polar surface area (TPSA) is 229 Å². The molecule has 0 aromatic rings. The van der Waals surface area contributed by atoms with Crippen LogP contribution in [0.2, 0.25) is 0 Å². The minimum absolute atomic E-state index is 0.324. The van der Waals surface area contributed by atoms with E-state index in [9.17, 15) is 9.90 Å². The maximum atomic E-state index is 10.5. The highest BCUT2D eigenvalue weighted by atomic mass is 16.7. The highest BCUT2D eigenvalue weighted by molar-refractivity contribution is 5.84. The summed E-state index contributed by atoms with van der Waals surface area (Å²) < 4.78 is 4.56. The van der Waals surface area contributed by atoms with Gasteiger partial charge >= 0.3 is 0 Å². The van der Waals surface area contributed by atoms with Crippen molar-refractivity contribution in [2.24, 2.45) is 0 Å². The molecule has 7 atom stereocenters. The first kappa shape index (κ1) is 23.2. The van der Waals surface area contributed by atoms with Gasteiger partial charge in [-0.2, -0.15) is 0 Å². The van der Waals surface area contributed by atoms with Crippen LogP contribution < -0.4 is 0 Å². The molecule has 1 heterocycles. The lowest BCUT2D eigenvalue weighted by Gasteiger charge is -2.40. The first-order valence-corrected chi connectivity index (χ1v) is 6.85. The van der Waals surface area contributed by atoms with Crippen LogP contribution in [0.3, 0.4) is 0 Å². The molecule has 0 aromatic heterocycles. The molecule has 1 fully saturated rings. The molecule has 0 radical (unpaired) electrons. The van der Waals surface area contributed by atoms with Gasteiger partial charge in [-0.05, 0) is 0 Å². The number of aliphatic hydroxyl groups is 10. The third kappa shape index (κ3) is 5.94. The molecule has 24 heavy (non-hydrogen) atoms. The Morgan fingerprint density at radius 2 is 1.67 bits per heavy atom. The van der Waals surface area contributed by atoms with Gasteiger partial charge in [-0.25, -0.2) is 0 Å². The predicted molar refractivity (Wildman–Crippen MR) is 73.2 cm³/mol. The zero-order valence-electron chi connectivity index (χ0n) is 12.6. The van der Waals surface area contributed by atoms with E-state index in [0.717, 1.165) is 0 Å². The Hall–Kier alpha value is -0.770. The Morgan fingerprint density at radius 3 is 2.08 bits per heavy atom. The van der Waals surface area contributed by atoms with E-state index in [1.165, 1.54) is 0 Å². The average molecular weight is 360 g/mol. The van der Waals surface area contributed by atoms with Gasteiger partial charge in [-0.15, -0.1) is 0 Å². The first-order chi connectivity index (χ1) is 11.0. The van der Waals surface area contributed by atoms with Gasteiger partial charge in [0.05, 0.1) is 19.8 Å². The molecule has 1 saturated heterocycles. The third-order valence-electron chi connectivity index (χ3n) is 3.30. The van der Waals surface area contributed by atoms with E-state index in [0.29, 0.717) is 0 Å². The van der Waals surface area contributed by atoms with Crippen molar-refractivity contribution >= 4 is 5.78 Å². The molecule has 12 heteroatoms. The second kappa shape index (κ2) is 10.3. The molecular formula is C12H24O12. The summed E-state index contributed by atoms with van der Waals surface area (Å²) in [5, 5.41) is 88.0. The van der Waals surface area contributed by atoms with E-state index in [2.05, 4.69) is 4.74 Å². The molecule has 0 unspecified atom stereocenters. The molecule has 0 aliphatic carbocycles. The molecule has 12 nitrogen and oxygen atoms in total. The van der Waals surface area contributed by atoms with Crippen LogP contribution in [0.4, 0.5) is 0 Å². The molecule has 0 aromatic carbocycles. The van der Waals surface area contributed by atoms with Crippen molar-refractivity contribution in [1.29, 1.82) is 0 Å². The minimum Gasteiger partial charge on any atom is -0.394 e. The summed E-state index contributed by atoms with van der Waals surface area (Å²) in [7, 11) is 0. The lowest BCUT2D eigenvalue weighted by atomic mass is 9.98. The van der Waals surface area contributed by atoms with Crippen molar-refractivity contribution in [3.05, 3.63) is 0 Å². The Labute approximate surface area is 136 Å². The smallest absolute Gasteiger partial charge is 0.218 e. The summed E-state index contributed by atoms with van der Waals surface area (Å²) >= 11 is 0. The second-order valence-electron chi connectivity index (χ2n) is 5.13. The van der Waals surface area contributed by atoms with Crippen LogP contribution in [0.25, 0.3) is 0 Å². The maximum absolute atomic E-state index is 10.5. The van der Waals surface area contributed by atoms with Crippen LogP contribution in [0.15, 0.2) is 0 Å². The van der Waals surface area contributed by atoms with Crippen LogP contribution in [-0.4, -0.2) is 126 Å². The summed E-state index contributed by atoms with van der Waals surface area (Å²) in [4.78, 5) is 10.5. The lowest BCUT2D eigenvalue weighted by molar-refractivity contribution is -0.331. The number of aliphatic hydroxyl groups excluding tert-OH is 9. The van der Waals surface area contributed by atoms with Crippen molar-refractivity contribution in [1.82, 2.24) is 0 Å². The van der Waals surface area contributed by atoms with Crippen LogP contribution in [-0.2, 0) is 9.53 Å². The van der Waals surface area contributed by atoms with Crippen molar-refractivity contribution < 1.29 is 60.6 Å². The third-order valence-corrected chi connectivity index (χ3v) is 3.30. The number of Topliss-reactive ketones (excluding diaryl/α,β-unsaturated/α-hetero) is 1. The van der Waals surface area contributed by atoms with Gasteiger partial charge in [-0.1, -0.05) is 0 Å². The van der Waals surface area contributed by atoms with E-state index in [-0.39, 0.29) is 6.61 Å². The molecule has 10 N–H and O–H groups in total. The SMILES string of the molecule is O=C(CO)[C@@H](O)[C@H](O)[C@H](O)CO.OC[C@@]1(O)OC[C@@H](O)[C@@H](O)[C@@H]1O. The molecule has 144 valence electrons. The largest absolute Gasteiger partial charge is 0.394 e. The van der Waals surface area contributed by atoms with Gasteiger partial charge in [0.15, 0.2) is 5.78 Å². The van der Waals surface area contributed by atoms with Crippen molar-refractivity contribution in [3.63, 3.8) is 0 Å². The Balaban J connectivity index is 0.000000441. The summed E-state index contributed by atoms with van der Waals surface area (Å²) in [5.41, 5.74) is 0. The molecular weight excluding hydrogens is 336 g/mol. The van der Waals surface area contributed by atoms with E-state index in [1.54, 1.807) is 0 Å². The molecule has 0 amide bonds. The Bertz CT molecular complexity index is 379. The zero-order valence-corrected chi connectivity index (χ0v) is 12.6.